The zero-order chi connectivity index (χ0) is 18.6. The van der Waals surface area contributed by atoms with Gasteiger partial charge in [-0.1, -0.05) is 0 Å². The van der Waals surface area contributed by atoms with Gasteiger partial charge in [-0.25, -0.2) is 8.42 Å². The number of anilines is 1. The van der Waals surface area contributed by atoms with Crippen LogP contribution in [0.15, 0.2) is 35.5 Å². The fourth-order valence-corrected chi connectivity index (χ4v) is 4.13. The maximum absolute atomic E-state index is 12.7. The summed E-state index contributed by atoms with van der Waals surface area (Å²) in [6, 6.07) is 4.62. The van der Waals surface area contributed by atoms with Gasteiger partial charge in [0.05, 0.1) is 26.1 Å². The van der Waals surface area contributed by atoms with E-state index in [1.54, 1.807) is 23.0 Å². The number of hydrogen-bond acceptors (Lipinski definition) is 6. The van der Waals surface area contributed by atoms with Crippen LogP contribution in [0.4, 0.5) is 5.69 Å². The number of sulfonamides is 1. The van der Waals surface area contributed by atoms with Gasteiger partial charge in [0.15, 0.2) is 0 Å². The maximum Gasteiger partial charge on any atom is 0.265 e. The highest BCUT2D eigenvalue weighted by Gasteiger charge is 2.22. The first-order valence-corrected chi connectivity index (χ1v) is 9.85. The Labute approximate surface area is 153 Å². The highest BCUT2D eigenvalue weighted by Crippen LogP contribution is 2.29. The molecule has 1 fully saturated rings. The zero-order valence-corrected chi connectivity index (χ0v) is 15.7. The average molecular weight is 381 g/mol. The molecular weight excluding hydrogens is 358 g/mol. The van der Waals surface area contributed by atoms with Crippen molar-refractivity contribution in [2.45, 2.75) is 24.3 Å². The second kappa shape index (κ2) is 7.96. The molecule has 8 nitrogen and oxygen atoms in total. The Bertz CT molecular complexity index is 844. The van der Waals surface area contributed by atoms with E-state index in [9.17, 15) is 8.42 Å². The highest BCUT2D eigenvalue weighted by molar-refractivity contribution is 7.92. The standard InChI is InChI=1S/C17H23N3O5S/c1-23-15-3-4-16(24-2)17(9-15)26(21,22)19-14-10-18-20(12-14)11-13-5-7-25-8-6-13/h3-4,9-10,12-13,19H,5-8,11H2,1-2H3. The predicted octanol–water partition coefficient (Wildman–Crippen LogP) is 2.13. The van der Waals surface area contributed by atoms with Gasteiger partial charge in [0.2, 0.25) is 0 Å². The molecule has 142 valence electrons. The number of methoxy groups -OCH3 is 2. The molecule has 1 saturated heterocycles. The summed E-state index contributed by atoms with van der Waals surface area (Å²) in [5.74, 6) is 1.17. The molecule has 26 heavy (non-hydrogen) atoms. The SMILES string of the molecule is COc1ccc(OC)c(S(=O)(=O)Nc2cnn(CC3CCOCC3)c2)c1. The van der Waals surface area contributed by atoms with E-state index in [1.165, 1.54) is 26.5 Å². The van der Waals surface area contributed by atoms with Crippen molar-refractivity contribution in [1.82, 2.24) is 9.78 Å². The van der Waals surface area contributed by atoms with Crippen molar-refractivity contribution in [3.63, 3.8) is 0 Å². The third kappa shape index (κ3) is 4.28. The first-order valence-electron chi connectivity index (χ1n) is 8.37. The van der Waals surface area contributed by atoms with Crippen LogP contribution < -0.4 is 14.2 Å². The van der Waals surface area contributed by atoms with E-state index in [-0.39, 0.29) is 10.6 Å². The van der Waals surface area contributed by atoms with Crippen molar-refractivity contribution in [3.8, 4) is 11.5 Å². The Morgan fingerprint density at radius 3 is 2.73 bits per heavy atom. The summed E-state index contributed by atoms with van der Waals surface area (Å²) < 4.78 is 45.4. The Balaban J connectivity index is 1.75. The minimum absolute atomic E-state index is 0.0107. The molecule has 0 amide bonds. The van der Waals surface area contributed by atoms with E-state index in [2.05, 4.69) is 9.82 Å². The van der Waals surface area contributed by atoms with Crippen LogP contribution in [0.5, 0.6) is 11.5 Å². The molecule has 0 spiro atoms. The summed E-state index contributed by atoms with van der Waals surface area (Å²) in [5, 5.41) is 4.26. The lowest BCUT2D eigenvalue weighted by Crippen LogP contribution is -2.20. The minimum Gasteiger partial charge on any atom is -0.497 e. The van der Waals surface area contributed by atoms with E-state index in [0.29, 0.717) is 17.4 Å². The van der Waals surface area contributed by atoms with Gasteiger partial charge in [-0.3, -0.25) is 9.40 Å². The molecule has 0 bridgehead atoms. The lowest BCUT2D eigenvalue weighted by atomic mass is 10.0. The summed E-state index contributed by atoms with van der Waals surface area (Å²) in [6.07, 6.45) is 5.17. The fourth-order valence-electron chi connectivity index (χ4n) is 2.91. The molecular formula is C17H23N3O5S. The first kappa shape index (κ1) is 18.5. The molecule has 0 saturated carbocycles. The van der Waals surface area contributed by atoms with Crippen LogP contribution in [-0.2, 0) is 21.3 Å². The zero-order valence-electron chi connectivity index (χ0n) is 14.8. The molecule has 3 rings (SSSR count). The van der Waals surface area contributed by atoms with Crippen LogP contribution in [0, 0.1) is 5.92 Å². The average Bonchev–Trinajstić information content (AvgIpc) is 3.08. The number of ether oxygens (including phenoxy) is 3. The molecule has 1 aromatic heterocycles. The summed E-state index contributed by atoms with van der Waals surface area (Å²) in [7, 11) is -0.935. The van der Waals surface area contributed by atoms with Crippen LogP contribution in [0.3, 0.4) is 0 Å². The lowest BCUT2D eigenvalue weighted by molar-refractivity contribution is 0.0601. The molecule has 0 radical (unpaired) electrons. The summed E-state index contributed by atoms with van der Waals surface area (Å²) in [4.78, 5) is 0.0107. The van der Waals surface area contributed by atoms with E-state index < -0.39 is 10.0 Å². The van der Waals surface area contributed by atoms with E-state index in [0.717, 1.165) is 32.6 Å². The van der Waals surface area contributed by atoms with Gasteiger partial charge in [-0.05, 0) is 30.9 Å². The van der Waals surface area contributed by atoms with Gasteiger partial charge in [-0.15, -0.1) is 0 Å². The molecule has 0 atom stereocenters. The molecule has 1 aliphatic heterocycles. The second-order valence-electron chi connectivity index (χ2n) is 6.13. The molecule has 0 aliphatic carbocycles. The maximum atomic E-state index is 12.7. The second-order valence-corrected chi connectivity index (χ2v) is 7.78. The van der Waals surface area contributed by atoms with Crippen molar-refractivity contribution in [1.29, 1.82) is 0 Å². The molecule has 1 aromatic carbocycles. The quantitative estimate of drug-likeness (QED) is 0.790. The normalized spacial score (nSPS) is 15.6. The highest BCUT2D eigenvalue weighted by atomic mass is 32.2. The number of nitrogens with zero attached hydrogens (tertiary/aromatic N) is 2. The van der Waals surface area contributed by atoms with Gasteiger partial charge < -0.3 is 14.2 Å². The third-order valence-corrected chi connectivity index (χ3v) is 5.73. The van der Waals surface area contributed by atoms with Crippen LogP contribution in [0.1, 0.15) is 12.8 Å². The largest absolute Gasteiger partial charge is 0.497 e. The van der Waals surface area contributed by atoms with Crippen LogP contribution in [0.2, 0.25) is 0 Å². The summed E-state index contributed by atoms with van der Waals surface area (Å²) in [6.45, 7) is 2.27. The third-order valence-electron chi connectivity index (χ3n) is 4.33. The smallest absolute Gasteiger partial charge is 0.265 e. The van der Waals surface area contributed by atoms with Crippen LogP contribution in [-0.4, -0.2) is 45.6 Å². The number of benzene rings is 1. The van der Waals surface area contributed by atoms with Crippen molar-refractivity contribution >= 4 is 15.7 Å². The van der Waals surface area contributed by atoms with Crippen molar-refractivity contribution < 1.29 is 22.6 Å². The van der Waals surface area contributed by atoms with E-state index >= 15 is 0 Å². The molecule has 0 unspecified atom stereocenters. The van der Waals surface area contributed by atoms with Gasteiger partial charge in [0, 0.05) is 32.0 Å². The molecule has 2 heterocycles. The molecule has 1 aliphatic rings. The van der Waals surface area contributed by atoms with Gasteiger partial charge in [0.1, 0.15) is 16.4 Å². The van der Waals surface area contributed by atoms with Gasteiger partial charge in [0.25, 0.3) is 10.0 Å². The Kier molecular flexibility index (Phi) is 5.67. The van der Waals surface area contributed by atoms with Gasteiger partial charge >= 0.3 is 0 Å². The molecule has 1 N–H and O–H groups in total. The first-order chi connectivity index (χ1) is 12.5. The molecule has 2 aromatic rings. The topological polar surface area (TPSA) is 91.7 Å². The molecule has 9 heteroatoms. The van der Waals surface area contributed by atoms with Crippen LogP contribution in [0.25, 0.3) is 0 Å². The van der Waals surface area contributed by atoms with Crippen molar-refractivity contribution in [2.75, 3.05) is 32.2 Å². The fraction of sp³-hybridized carbons (Fsp3) is 0.471. The number of hydrogen-bond donors (Lipinski definition) is 1. The number of nitrogens with one attached hydrogen (secondary N) is 1. The van der Waals surface area contributed by atoms with Crippen molar-refractivity contribution in [3.05, 3.63) is 30.6 Å². The Morgan fingerprint density at radius 2 is 2.04 bits per heavy atom. The minimum atomic E-state index is -3.84. The van der Waals surface area contributed by atoms with Gasteiger partial charge in [-0.2, -0.15) is 5.10 Å². The lowest BCUT2D eigenvalue weighted by Gasteiger charge is -2.21. The predicted molar refractivity (Wildman–Crippen MR) is 96.1 cm³/mol. The Hall–Kier alpha value is -2.26. The van der Waals surface area contributed by atoms with E-state index in [4.69, 9.17) is 14.2 Å². The Morgan fingerprint density at radius 1 is 1.27 bits per heavy atom. The summed E-state index contributed by atoms with van der Waals surface area (Å²) >= 11 is 0. The number of aromatic nitrogens is 2. The van der Waals surface area contributed by atoms with E-state index in [1.807, 2.05) is 0 Å². The number of rotatable bonds is 7. The summed E-state index contributed by atoms with van der Waals surface area (Å²) in [5.41, 5.74) is 0.405. The van der Waals surface area contributed by atoms with Crippen molar-refractivity contribution in [2.24, 2.45) is 5.92 Å². The monoisotopic (exact) mass is 381 g/mol. The van der Waals surface area contributed by atoms with Crippen LogP contribution >= 0.6 is 0 Å².